The molecule has 2 aliphatic rings. The first kappa shape index (κ1) is 16.2. The number of carbonyl (C=O) groups is 3. The Bertz CT molecular complexity index is 742. The number of hydrogen-bond acceptors (Lipinski definition) is 5. The maximum atomic E-state index is 12.7. The fourth-order valence-corrected chi connectivity index (χ4v) is 3.37. The smallest absolute Gasteiger partial charge is 0.339 e. The van der Waals surface area contributed by atoms with Crippen LogP contribution >= 0.6 is 0 Å². The second-order valence-electron chi connectivity index (χ2n) is 5.99. The van der Waals surface area contributed by atoms with Gasteiger partial charge < -0.3 is 19.9 Å². The first-order chi connectivity index (χ1) is 11.4. The van der Waals surface area contributed by atoms with E-state index in [1.165, 1.54) is 13.2 Å². The predicted octanol–water partition coefficient (Wildman–Crippen LogP) is 1.46. The largest absolute Gasteiger partial charge is 0.481 e. The van der Waals surface area contributed by atoms with Crippen LogP contribution in [0.3, 0.4) is 0 Å². The van der Waals surface area contributed by atoms with Crippen molar-refractivity contribution in [3.8, 4) is 0 Å². The quantitative estimate of drug-likeness (QED) is 0.640. The fraction of sp³-hybridized carbons (Fsp3) is 0.353. The molecule has 0 aromatic heterocycles. The second kappa shape index (κ2) is 5.76. The third-order valence-electron chi connectivity index (χ3n) is 4.50. The van der Waals surface area contributed by atoms with E-state index in [-0.39, 0.29) is 11.3 Å². The van der Waals surface area contributed by atoms with Crippen molar-refractivity contribution in [1.82, 2.24) is 0 Å². The van der Waals surface area contributed by atoms with Crippen molar-refractivity contribution in [1.29, 1.82) is 0 Å². The van der Waals surface area contributed by atoms with Gasteiger partial charge in [-0.1, -0.05) is 24.3 Å². The molecular formula is C17H17NO6. The van der Waals surface area contributed by atoms with Gasteiger partial charge in [-0.05, 0) is 19.1 Å². The number of rotatable bonds is 4. The molecule has 0 radical (unpaired) electrons. The molecule has 4 atom stereocenters. The summed E-state index contributed by atoms with van der Waals surface area (Å²) in [5.41, 5.74) is -0.503. The Labute approximate surface area is 138 Å². The Morgan fingerprint density at radius 1 is 1.29 bits per heavy atom. The molecular weight excluding hydrogens is 314 g/mol. The number of aliphatic carboxylic acids is 1. The minimum Gasteiger partial charge on any atom is -0.481 e. The van der Waals surface area contributed by atoms with Gasteiger partial charge >= 0.3 is 11.9 Å². The van der Waals surface area contributed by atoms with Gasteiger partial charge in [0.2, 0.25) is 5.91 Å². The molecule has 0 unspecified atom stereocenters. The van der Waals surface area contributed by atoms with Crippen molar-refractivity contribution in [3.05, 3.63) is 42.0 Å². The van der Waals surface area contributed by atoms with Crippen molar-refractivity contribution in [2.75, 3.05) is 12.4 Å². The van der Waals surface area contributed by atoms with Crippen LogP contribution in [0.5, 0.6) is 0 Å². The van der Waals surface area contributed by atoms with E-state index < -0.39 is 41.4 Å². The third kappa shape index (κ3) is 2.46. The molecule has 0 spiro atoms. The van der Waals surface area contributed by atoms with Gasteiger partial charge in [0, 0.05) is 0 Å². The third-order valence-corrected chi connectivity index (χ3v) is 4.50. The van der Waals surface area contributed by atoms with E-state index in [0.29, 0.717) is 0 Å². The van der Waals surface area contributed by atoms with Gasteiger partial charge in [-0.15, -0.1) is 0 Å². The highest BCUT2D eigenvalue weighted by Gasteiger charge is 2.59. The summed E-state index contributed by atoms with van der Waals surface area (Å²) in [6.45, 7) is 1.68. The molecule has 24 heavy (non-hydrogen) atoms. The van der Waals surface area contributed by atoms with Crippen molar-refractivity contribution in [3.63, 3.8) is 0 Å². The van der Waals surface area contributed by atoms with Gasteiger partial charge in [-0.2, -0.15) is 0 Å². The molecule has 3 rings (SSSR count). The Morgan fingerprint density at radius 2 is 2.00 bits per heavy atom. The molecule has 0 aliphatic carbocycles. The summed E-state index contributed by atoms with van der Waals surface area (Å²) in [6, 6.07) is 6.39. The number of carbonyl (C=O) groups excluding carboxylic acids is 2. The molecule has 0 saturated carbocycles. The van der Waals surface area contributed by atoms with Crippen LogP contribution in [0.4, 0.5) is 5.69 Å². The number of benzene rings is 1. The Morgan fingerprint density at radius 3 is 2.67 bits per heavy atom. The number of fused-ring (bicyclic) bond motifs is 2. The summed E-state index contributed by atoms with van der Waals surface area (Å²) < 4.78 is 10.4. The zero-order valence-corrected chi connectivity index (χ0v) is 13.2. The van der Waals surface area contributed by atoms with Crippen molar-refractivity contribution < 1.29 is 29.0 Å². The summed E-state index contributed by atoms with van der Waals surface area (Å²) in [4.78, 5) is 36.1. The highest BCUT2D eigenvalue weighted by atomic mass is 16.5. The minimum absolute atomic E-state index is 0.199. The van der Waals surface area contributed by atoms with Crippen molar-refractivity contribution >= 4 is 23.5 Å². The standard InChI is InChI=1S/C17H17NO6/c1-17-8-7-11(24-17)12(15(20)21)13(17)14(19)18-10-6-4-3-5-9(10)16(22)23-2/h3-8,11-13H,1-2H3,(H,18,19)(H,20,21)/t11-,12+,13+,17-/m1/s1. The van der Waals surface area contributed by atoms with E-state index in [1.54, 1.807) is 37.3 Å². The van der Waals surface area contributed by atoms with Crippen LogP contribution in [0.1, 0.15) is 17.3 Å². The monoisotopic (exact) mass is 331 g/mol. The molecule has 1 aromatic rings. The van der Waals surface area contributed by atoms with Crippen LogP contribution in [-0.2, 0) is 19.1 Å². The van der Waals surface area contributed by atoms with Crippen LogP contribution in [0.15, 0.2) is 36.4 Å². The average Bonchev–Trinajstić information content (AvgIpc) is 3.07. The molecule has 7 heteroatoms. The molecule has 2 N–H and O–H groups in total. The predicted molar refractivity (Wildman–Crippen MR) is 83.4 cm³/mol. The van der Waals surface area contributed by atoms with Gasteiger partial charge in [0.25, 0.3) is 0 Å². The number of carboxylic acids is 1. The number of carboxylic acid groups (broad SMARTS) is 1. The maximum absolute atomic E-state index is 12.7. The molecule has 126 valence electrons. The average molecular weight is 331 g/mol. The van der Waals surface area contributed by atoms with Crippen LogP contribution in [0, 0.1) is 11.8 Å². The number of hydrogen-bond donors (Lipinski definition) is 2. The maximum Gasteiger partial charge on any atom is 0.339 e. The normalized spacial score (nSPS) is 30.2. The highest BCUT2D eigenvalue weighted by Crippen LogP contribution is 2.47. The number of methoxy groups -OCH3 is 1. The Hall–Kier alpha value is -2.67. The lowest BCUT2D eigenvalue weighted by atomic mass is 9.75. The minimum atomic E-state index is -1.09. The summed E-state index contributed by atoms with van der Waals surface area (Å²) in [5.74, 6) is -4.04. The van der Waals surface area contributed by atoms with Crippen LogP contribution in [0.25, 0.3) is 0 Å². The fourth-order valence-electron chi connectivity index (χ4n) is 3.37. The molecule has 1 aromatic carbocycles. The van der Waals surface area contributed by atoms with Crippen LogP contribution in [0.2, 0.25) is 0 Å². The second-order valence-corrected chi connectivity index (χ2v) is 5.99. The Balaban J connectivity index is 1.89. The molecule has 2 bridgehead atoms. The molecule has 2 aliphatic heterocycles. The molecule has 1 saturated heterocycles. The lowest BCUT2D eigenvalue weighted by molar-refractivity contribution is -0.146. The zero-order chi connectivity index (χ0) is 17.5. The number of esters is 1. The van der Waals surface area contributed by atoms with Gasteiger partial charge in [0.15, 0.2) is 0 Å². The van der Waals surface area contributed by atoms with Gasteiger partial charge in [-0.25, -0.2) is 4.79 Å². The SMILES string of the molecule is COC(=O)c1ccccc1NC(=O)[C@@H]1[C@@H](C(=O)O)[C@H]2C=C[C@@]1(C)O2. The number of ether oxygens (including phenoxy) is 2. The van der Waals surface area contributed by atoms with E-state index in [4.69, 9.17) is 9.47 Å². The summed E-state index contributed by atoms with van der Waals surface area (Å²) in [6.07, 6.45) is 2.76. The van der Waals surface area contributed by atoms with Gasteiger partial charge in [0.1, 0.15) is 5.92 Å². The van der Waals surface area contributed by atoms with Crippen LogP contribution < -0.4 is 5.32 Å². The highest BCUT2D eigenvalue weighted by molar-refractivity contribution is 6.03. The number of amides is 1. The molecule has 2 heterocycles. The van der Waals surface area contributed by atoms with Crippen LogP contribution in [-0.4, -0.2) is 41.8 Å². The van der Waals surface area contributed by atoms with Gasteiger partial charge in [0.05, 0.1) is 36.0 Å². The number of anilines is 1. The number of para-hydroxylation sites is 1. The molecule has 1 amide bonds. The topological polar surface area (TPSA) is 102 Å². The molecule has 7 nitrogen and oxygen atoms in total. The van der Waals surface area contributed by atoms with Crippen molar-refractivity contribution in [2.24, 2.45) is 11.8 Å². The summed E-state index contributed by atoms with van der Waals surface area (Å²) in [5, 5.41) is 12.1. The summed E-state index contributed by atoms with van der Waals surface area (Å²) in [7, 11) is 1.25. The summed E-state index contributed by atoms with van der Waals surface area (Å²) >= 11 is 0. The van der Waals surface area contributed by atoms with E-state index in [9.17, 15) is 19.5 Å². The van der Waals surface area contributed by atoms with Crippen molar-refractivity contribution in [2.45, 2.75) is 18.6 Å². The molecule has 1 fully saturated rings. The van der Waals surface area contributed by atoms with Gasteiger partial charge in [-0.3, -0.25) is 9.59 Å². The van der Waals surface area contributed by atoms with E-state index in [0.717, 1.165) is 0 Å². The Kier molecular flexibility index (Phi) is 3.88. The zero-order valence-electron chi connectivity index (χ0n) is 13.2. The first-order valence-corrected chi connectivity index (χ1v) is 7.45. The first-order valence-electron chi connectivity index (χ1n) is 7.45. The van der Waals surface area contributed by atoms with E-state index in [2.05, 4.69) is 5.32 Å². The lowest BCUT2D eigenvalue weighted by Gasteiger charge is -2.28. The van der Waals surface area contributed by atoms with E-state index in [1.807, 2.05) is 0 Å². The van der Waals surface area contributed by atoms with E-state index >= 15 is 0 Å². The lowest BCUT2D eigenvalue weighted by Crippen LogP contribution is -2.44. The number of nitrogens with one attached hydrogen (secondary N) is 1.